The summed E-state index contributed by atoms with van der Waals surface area (Å²) in [4.78, 5) is 28.1. The first-order valence-corrected chi connectivity index (χ1v) is 11.4. The molecule has 2 amide bonds. The highest BCUT2D eigenvalue weighted by Gasteiger charge is 2.30. The van der Waals surface area contributed by atoms with Crippen molar-refractivity contribution < 1.29 is 26.9 Å². The summed E-state index contributed by atoms with van der Waals surface area (Å²) in [6.07, 6.45) is 3.55. The van der Waals surface area contributed by atoms with Gasteiger partial charge in [0.25, 0.3) is 10.1 Å². The van der Waals surface area contributed by atoms with Gasteiger partial charge in [0.1, 0.15) is 5.60 Å². The zero-order valence-corrected chi connectivity index (χ0v) is 17.6. The van der Waals surface area contributed by atoms with E-state index in [-0.39, 0.29) is 24.0 Å². The van der Waals surface area contributed by atoms with Crippen LogP contribution in [0.3, 0.4) is 0 Å². The Bertz CT molecular complexity index is 627. The molecule has 2 aliphatic heterocycles. The Balaban J connectivity index is 1.71. The van der Waals surface area contributed by atoms with Crippen molar-refractivity contribution in [2.75, 3.05) is 32.4 Å². The number of likely N-dealkylation sites (tertiary alicyclic amines) is 2. The average molecular weight is 405 g/mol. The summed E-state index contributed by atoms with van der Waals surface area (Å²) in [5.74, 6) is 0.365. The Morgan fingerprint density at radius 3 is 1.96 bits per heavy atom. The van der Waals surface area contributed by atoms with Crippen molar-refractivity contribution >= 4 is 22.1 Å². The molecule has 2 saturated heterocycles. The molecule has 27 heavy (non-hydrogen) atoms. The Morgan fingerprint density at radius 2 is 1.48 bits per heavy atom. The van der Waals surface area contributed by atoms with Crippen LogP contribution in [0.4, 0.5) is 4.79 Å². The van der Waals surface area contributed by atoms with Crippen LogP contribution in [0.15, 0.2) is 0 Å². The largest absolute Gasteiger partial charge is 0.444 e. The number of carbonyl (C=O) groups is 2. The standard InChI is InChI=1S/C18H32N2O6S/c1-18(2,3)25-17(22)20-9-5-14(6-10-20)13-16(21)19-11-7-15(8-12-19)26-27(4,23)24/h14-15H,5-13H2,1-4H3. The van der Waals surface area contributed by atoms with Gasteiger partial charge < -0.3 is 14.5 Å². The summed E-state index contributed by atoms with van der Waals surface area (Å²) < 4.78 is 32.8. The van der Waals surface area contributed by atoms with Crippen LogP contribution in [-0.4, -0.2) is 74.4 Å². The number of nitrogens with zero attached hydrogens (tertiary/aromatic N) is 2. The van der Waals surface area contributed by atoms with Crippen LogP contribution in [0.2, 0.25) is 0 Å². The lowest BCUT2D eigenvalue weighted by atomic mass is 9.92. The maximum atomic E-state index is 12.5. The molecule has 2 aliphatic rings. The third-order valence-corrected chi connectivity index (χ3v) is 5.46. The van der Waals surface area contributed by atoms with E-state index in [0.717, 1.165) is 19.1 Å². The summed E-state index contributed by atoms with van der Waals surface area (Å²) in [5.41, 5.74) is -0.503. The van der Waals surface area contributed by atoms with E-state index in [4.69, 9.17) is 8.92 Å². The molecule has 9 heteroatoms. The topological polar surface area (TPSA) is 93.2 Å². The molecule has 2 rings (SSSR count). The molecule has 0 atom stereocenters. The zero-order valence-electron chi connectivity index (χ0n) is 16.8. The van der Waals surface area contributed by atoms with E-state index in [0.29, 0.717) is 45.4 Å². The van der Waals surface area contributed by atoms with Crippen LogP contribution in [0, 0.1) is 5.92 Å². The van der Waals surface area contributed by atoms with Crippen molar-refractivity contribution in [3.05, 3.63) is 0 Å². The van der Waals surface area contributed by atoms with E-state index in [9.17, 15) is 18.0 Å². The van der Waals surface area contributed by atoms with Crippen LogP contribution in [-0.2, 0) is 23.8 Å². The second-order valence-corrected chi connectivity index (χ2v) is 10.1. The molecule has 0 saturated carbocycles. The van der Waals surface area contributed by atoms with Crippen LogP contribution in [0.1, 0.15) is 52.9 Å². The minimum Gasteiger partial charge on any atom is -0.444 e. The summed E-state index contributed by atoms with van der Waals surface area (Å²) in [5, 5.41) is 0. The van der Waals surface area contributed by atoms with E-state index < -0.39 is 15.7 Å². The zero-order chi connectivity index (χ0) is 20.2. The van der Waals surface area contributed by atoms with Crippen LogP contribution < -0.4 is 0 Å². The number of amides is 2. The molecule has 2 fully saturated rings. The predicted molar refractivity (Wildman–Crippen MR) is 101 cm³/mol. The summed E-state index contributed by atoms with van der Waals surface area (Å²) in [6.45, 7) is 7.81. The smallest absolute Gasteiger partial charge is 0.410 e. The Labute approximate surface area is 162 Å². The predicted octanol–water partition coefficient (Wildman–Crippen LogP) is 1.99. The van der Waals surface area contributed by atoms with Gasteiger partial charge in [0, 0.05) is 32.6 Å². The molecule has 8 nitrogen and oxygen atoms in total. The molecule has 0 radical (unpaired) electrons. The number of ether oxygens (including phenoxy) is 1. The fourth-order valence-corrected chi connectivity index (χ4v) is 4.16. The second-order valence-electron chi connectivity index (χ2n) is 8.50. The van der Waals surface area contributed by atoms with Crippen molar-refractivity contribution in [2.24, 2.45) is 5.92 Å². The number of carbonyl (C=O) groups excluding carboxylic acids is 2. The van der Waals surface area contributed by atoms with E-state index in [1.54, 1.807) is 9.80 Å². The maximum absolute atomic E-state index is 12.5. The maximum Gasteiger partial charge on any atom is 0.410 e. The van der Waals surface area contributed by atoms with Crippen LogP contribution in [0.5, 0.6) is 0 Å². The van der Waals surface area contributed by atoms with Gasteiger partial charge in [0.2, 0.25) is 5.91 Å². The van der Waals surface area contributed by atoms with Crippen LogP contribution in [0.25, 0.3) is 0 Å². The lowest BCUT2D eigenvalue weighted by Crippen LogP contribution is -2.44. The highest BCUT2D eigenvalue weighted by Crippen LogP contribution is 2.24. The van der Waals surface area contributed by atoms with Gasteiger partial charge in [0.15, 0.2) is 0 Å². The molecule has 0 aromatic heterocycles. The van der Waals surface area contributed by atoms with E-state index >= 15 is 0 Å². The molecule has 156 valence electrons. The van der Waals surface area contributed by atoms with Crippen LogP contribution >= 0.6 is 0 Å². The van der Waals surface area contributed by atoms with E-state index in [1.807, 2.05) is 20.8 Å². The monoisotopic (exact) mass is 404 g/mol. The lowest BCUT2D eigenvalue weighted by molar-refractivity contribution is -0.134. The van der Waals surface area contributed by atoms with Gasteiger partial charge in [-0.1, -0.05) is 0 Å². The van der Waals surface area contributed by atoms with Gasteiger partial charge in [-0.25, -0.2) is 4.79 Å². The molecular formula is C18H32N2O6S. The van der Waals surface area contributed by atoms with Gasteiger partial charge in [-0.3, -0.25) is 8.98 Å². The van der Waals surface area contributed by atoms with Crippen molar-refractivity contribution in [1.29, 1.82) is 0 Å². The highest BCUT2D eigenvalue weighted by atomic mass is 32.2. The second kappa shape index (κ2) is 8.77. The van der Waals surface area contributed by atoms with Gasteiger partial charge in [-0.05, 0) is 52.4 Å². The minimum absolute atomic E-state index is 0.100. The molecule has 0 aliphatic carbocycles. The minimum atomic E-state index is -3.45. The van der Waals surface area contributed by atoms with E-state index in [2.05, 4.69) is 0 Å². The van der Waals surface area contributed by atoms with Crippen molar-refractivity contribution in [1.82, 2.24) is 9.80 Å². The first-order chi connectivity index (χ1) is 12.4. The number of rotatable bonds is 4. The van der Waals surface area contributed by atoms with Crippen molar-refractivity contribution in [3.8, 4) is 0 Å². The first kappa shape index (κ1) is 21.9. The third-order valence-electron chi connectivity index (χ3n) is 4.84. The van der Waals surface area contributed by atoms with Gasteiger partial charge >= 0.3 is 6.09 Å². The summed E-state index contributed by atoms with van der Waals surface area (Å²) >= 11 is 0. The van der Waals surface area contributed by atoms with Crippen molar-refractivity contribution in [3.63, 3.8) is 0 Å². The van der Waals surface area contributed by atoms with E-state index in [1.165, 1.54) is 0 Å². The normalized spacial score (nSPS) is 20.6. The summed E-state index contributed by atoms with van der Waals surface area (Å²) in [6, 6.07) is 0. The number of hydrogen-bond donors (Lipinski definition) is 0. The molecule has 0 aromatic carbocycles. The highest BCUT2D eigenvalue weighted by molar-refractivity contribution is 7.86. The molecular weight excluding hydrogens is 372 g/mol. The quantitative estimate of drug-likeness (QED) is 0.665. The first-order valence-electron chi connectivity index (χ1n) is 9.57. The third kappa shape index (κ3) is 7.65. The van der Waals surface area contributed by atoms with Crippen molar-refractivity contribution in [2.45, 2.75) is 64.6 Å². The Kier molecular flexibility index (Phi) is 7.13. The SMILES string of the molecule is CC(C)(C)OC(=O)N1CCC(CC(=O)N2CCC(OS(C)(=O)=O)CC2)CC1. The number of hydrogen-bond acceptors (Lipinski definition) is 6. The van der Waals surface area contributed by atoms with Gasteiger partial charge in [-0.2, -0.15) is 8.42 Å². The Hall–Kier alpha value is -1.35. The molecule has 0 N–H and O–H groups in total. The fraction of sp³-hybridized carbons (Fsp3) is 0.889. The fourth-order valence-electron chi connectivity index (χ4n) is 3.47. The molecule has 0 unspecified atom stereocenters. The van der Waals surface area contributed by atoms with Gasteiger partial charge in [0.05, 0.1) is 12.4 Å². The number of piperidine rings is 2. The molecule has 0 spiro atoms. The molecule has 0 bridgehead atoms. The van der Waals surface area contributed by atoms with Gasteiger partial charge in [-0.15, -0.1) is 0 Å². The average Bonchev–Trinajstić information content (AvgIpc) is 2.53. The summed E-state index contributed by atoms with van der Waals surface area (Å²) in [7, 11) is -3.45. The Morgan fingerprint density at radius 1 is 0.963 bits per heavy atom. The molecule has 0 aromatic rings. The lowest BCUT2D eigenvalue weighted by Gasteiger charge is -2.35. The molecule has 2 heterocycles.